The molecule has 0 aromatic carbocycles. The van der Waals surface area contributed by atoms with E-state index in [0.717, 1.165) is 10.1 Å². The smallest absolute Gasteiger partial charge is 0.153 e. The molecular formula is C9H9BrN2O2S. The Bertz CT molecular complexity index is 604. The van der Waals surface area contributed by atoms with Crippen molar-refractivity contribution in [2.24, 2.45) is 0 Å². The Morgan fingerprint density at radius 3 is 2.87 bits per heavy atom. The van der Waals surface area contributed by atoms with Crippen molar-refractivity contribution >= 4 is 31.4 Å². The molecule has 2 rings (SSSR count). The fourth-order valence-electron chi connectivity index (χ4n) is 1.37. The molecule has 0 unspecified atom stereocenters. The zero-order valence-electron chi connectivity index (χ0n) is 8.01. The minimum atomic E-state index is -3.03. The zero-order chi connectivity index (χ0) is 11.1. The average Bonchev–Trinajstić information content (AvgIpc) is 2.45. The van der Waals surface area contributed by atoms with Gasteiger partial charge in [0, 0.05) is 18.6 Å². The lowest BCUT2D eigenvalue weighted by molar-refractivity contribution is 0.600. The Hall–Kier alpha value is -0.880. The van der Waals surface area contributed by atoms with Gasteiger partial charge in [-0.1, -0.05) is 0 Å². The van der Waals surface area contributed by atoms with Gasteiger partial charge >= 0.3 is 0 Å². The highest BCUT2D eigenvalue weighted by Crippen LogP contribution is 2.17. The normalized spacial score (nSPS) is 12.1. The molecule has 2 heterocycles. The summed E-state index contributed by atoms with van der Waals surface area (Å²) in [5.41, 5.74) is 1.29. The second kappa shape index (κ2) is 3.61. The van der Waals surface area contributed by atoms with Crippen molar-refractivity contribution < 1.29 is 8.42 Å². The van der Waals surface area contributed by atoms with Gasteiger partial charge in [-0.25, -0.2) is 13.4 Å². The fourth-order valence-corrected chi connectivity index (χ4v) is 2.49. The lowest BCUT2D eigenvalue weighted by Gasteiger charge is -1.92. The average molecular weight is 289 g/mol. The molecule has 0 N–H and O–H groups in total. The predicted molar refractivity (Wildman–Crippen MR) is 61.4 cm³/mol. The summed E-state index contributed by atoms with van der Waals surface area (Å²) in [6.45, 7) is 0. The third-order valence-electron chi connectivity index (χ3n) is 1.90. The van der Waals surface area contributed by atoms with Crippen LogP contribution in [-0.4, -0.2) is 24.1 Å². The lowest BCUT2D eigenvalue weighted by atomic mass is 10.5. The molecule has 0 bridgehead atoms. The summed E-state index contributed by atoms with van der Waals surface area (Å²) in [7, 11) is -3.03. The molecule has 0 aliphatic carbocycles. The molecule has 0 spiro atoms. The van der Waals surface area contributed by atoms with Crippen LogP contribution in [0.5, 0.6) is 0 Å². The molecule has 0 aliphatic rings. The number of hydrogen-bond acceptors (Lipinski definition) is 3. The monoisotopic (exact) mass is 288 g/mol. The molecular weight excluding hydrogens is 280 g/mol. The number of sulfone groups is 1. The Labute approximate surface area is 96.0 Å². The standard InChI is InChI=1S/C9H9BrN2O2S/c1-15(13,14)6-7-5-12-4-2-3-8(10)9(12)11-7/h2-5H,6H2,1H3. The van der Waals surface area contributed by atoms with Crippen molar-refractivity contribution in [1.82, 2.24) is 9.38 Å². The van der Waals surface area contributed by atoms with Crippen LogP contribution in [-0.2, 0) is 15.6 Å². The van der Waals surface area contributed by atoms with Gasteiger partial charge in [0.25, 0.3) is 0 Å². The van der Waals surface area contributed by atoms with Gasteiger partial charge in [0.1, 0.15) is 0 Å². The summed E-state index contributed by atoms with van der Waals surface area (Å²) < 4.78 is 24.9. The fraction of sp³-hybridized carbons (Fsp3) is 0.222. The number of fused-ring (bicyclic) bond motifs is 1. The van der Waals surface area contributed by atoms with E-state index in [9.17, 15) is 8.42 Å². The molecule has 0 saturated carbocycles. The first-order chi connectivity index (χ1) is 6.96. The molecule has 0 saturated heterocycles. The number of aromatic nitrogens is 2. The molecule has 0 radical (unpaired) electrons. The second-order valence-electron chi connectivity index (χ2n) is 3.39. The van der Waals surface area contributed by atoms with Crippen LogP contribution in [0.3, 0.4) is 0 Å². The highest BCUT2D eigenvalue weighted by atomic mass is 79.9. The zero-order valence-corrected chi connectivity index (χ0v) is 10.4. The van der Waals surface area contributed by atoms with Gasteiger partial charge in [-0.3, -0.25) is 0 Å². The van der Waals surface area contributed by atoms with Gasteiger partial charge in [0.15, 0.2) is 15.5 Å². The van der Waals surface area contributed by atoms with Gasteiger partial charge < -0.3 is 4.40 Å². The van der Waals surface area contributed by atoms with Crippen molar-refractivity contribution in [1.29, 1.82) is 0 Å². The molecule has 4 nitrogen and oxygen atoms in total. The van der Waals surface area contributed by atoms with Gasteiger partial charge in [0.05, 0.1) is 15.9 Å². The molecule has 0 atom stereocenters. The van der Waals surface area contributed by atoms with Gasteiger partial charge in [-0.05, 0) is 28.1 Å². The van der Waals surface area contributed by atoms with Crippen LogP contribution in [0.2, 0.25) is 0 Å². The summed E-state index contributed by atoms with van der Waals surface area (Å²) in [6, 6.07) is 3.73. The maximum Gasteiger partial charge on any atom is 0.153 e. The Kier molecular flexibility index (Phi) is 2.56. The maximum atomic E-state index is 11.1. The minimum Gasteiger partial charge on any atom is -0.306 e. The number of rotatable bonds is 2. The summed E-state index contributed by atoms with van der Waals surface area (Å²) in [6.07, 6.45) is 4.76. The lowest BCUT2D eigenvalue weighted by Crippen LogP contribution is -2.00. The summed E-state index contributed by atoms with van der Waals surface area (Å²) in [5, 5.41) is 0. The van der Waals surface area contributed by atoms with Crippen LogP contribution >= 0.6 is 15.9 Å². The highest BCUT2D eigenvalue weighted by molar-refractivity contribution is 9.10. The molecule has 0 aliphatic heterocycles. The third kappa shape index (κ3) is 2.38. The van der Waals surface area contributed by atoms with Crippen molar-refractivity contribution in [2.75, 3.05) is 6.26 Å². The van der Waals surface area contributed by atoms with E-state index in [4.69, 9.17) is 0 Å². The number of hydrogen-bond donors (Lipinski definition) is 0. The maximum absolute atomic E-state index is 11.1. The van der Waals surface area contributed by atoms with Crippen LogP contribution in [0, 0.1) is 0 Å². The van der Waals surface area contributed by atoms with Crippen LogP contribution in [0.25, 0.3) is 5.65 Å². The van der Waals surface area contributed by atoms with E-state index in [-0.39, 0.29) is 5.75 Å². The topological polar surface area (TPSA) is 51.4 Å². The van der Waals surface area contributed by atoms with E-state index in [1.54, 1.807) is 10.6 Å². The van der Waals surface area contributed by atoms with Crippen LogP contribution < -0.4 is 0 Å². The molecule has 0 fully saturated rings. The number of nitrogens with zero attached hydrogens (tertiary/aromatic N) is 2. The van der Waals surface area contributed by atoms with Gasteiger partial charge in [-0.2, -0.15) is 0 Å². The number of pyridine rings is 1. The minimum absolute atomic E-state index is 0.0267. The van der Waals surface area contributed by atoms with Crippen molar-refractivity contribution in [3.63, 3.8) is 0 Å². The van der Waals surface area contributed by atoms with E-state index >= 15 is 0 Å². The summed E-state index contributed by atoms with van der Waals surface area (Å²) >= 11 is 3.36. The molecule has 15 heavy (non-hydrogen) atoms. The number of imidazole rings is 1. The van der Waals surface area contributed by atoms with E-state index in [1.807, 2.05) is 18.3 Å². The van der Waals surface area contributed by atoms with E-state index in [0.29, 0.717) is 5.69 Å². The van der Waals surface area contributed by atoms with Crippen LogP contribution in [0.4, 0.5) is 0 Å². The van der Waals surface area contributed by atoms with Crippen molar-refractivity contribution in [3.8, 4) is 0 Å². The van der Waals surface area contributed by atoms with Crippen molar-refractivity contribution in [2.45, 2.75) is 5.75 Å². The Balaban J connectivity index is 2.53. The second-order valence-corrected chi connectivity index (χ2v) is 6.38. The molecule has 80 valence electrons. The quantitative estimate of drug-likeness (QED) is 0.844. The third-order valence-corrected chi connectivity index (χ3v) is 3.33. The molecule has 2 aromatic heterocycles. The van der Waals surface area contributed by atoms with Gasteiger partial charge in [-0.15, -0.1) is 0 Å². The largest absolute Gasteiger partial charge is 0.306 e. The summed E-state index contributed by atoms with van der Waals surface area (Å²) in [5.74, 6) is -0.0267. The first-order valence-corrected chi connectivity index (χ1v) is 7.11. The van der Waals surface area contributed by atoms with Gasteiger partial charge in [0.2, 0.25) is 0 Å². The Morgan fingerprint density at radius 2 is 2.27 bits per heavy atom. The van der Waals surface area contributed by atoms with Crippen molar-refractivity contribution in [3.05, 3.63) is 34.7 Å². The first kappa shape index (κ1) is 10.6. The Morgan fingerprint density at radius 1 is 1.53 bits per heavy atom. The molecule has 6 heteroatoms. The van der Waals surface area contributed by atoms with E-state index in [2.05, 4.69) is 20.9 Å². The number of halogens is 1. The SMILES string of the molecule is CS(=O)(=O)Cc1cn2cccc(Br)c2n1. The predicted octanol–water partition coefficient (Wildman–Crippen LogP) is 1.64. The van der Waals surface area contributed by atoms with E-state index < -0.39 is 9.84 Å². The highest BCUT2D eigenvalue weighted by Gasteiger charge is 2.09. The van der Waals surface area contributed by atoms with E-state index in [1.165, 1.54) is 6.26 Å². The first-order valence-electron chi connectivity index (χ1n) is 4.25. The van der Waals surface area contributed by atoms with Crippen LogP contribution in [0.15, 0.2) is 29.0 Å². The van der Waals surface area contributed by atoms with Crippen LogP contribution in [0.1, 0.15) is 5.69 Å². The molecule has 2 aromatic rings. The molecule has 0 amide bonds. The summed E-state index contributed by atoms with van der Waals surface area (Å²) in [4.78, 5) is 4.23.